The van der Waals surface area contributed by atoms with Crippen LogP contribution in [0.5, 0.6) is 0 Å². The molecule has 0 radical (unpaired) electrons. The van der Waals surface area contributed by atoms with Crippen molar-refractivity contribution in [3.8, 4) is 0 Å². The van der Waals surface area contributed by atoms with E-state index in [0.717, 1.165) is 12.8 Å². The third-order valence-corrected chi connectivity index (χ3v) is 3.77. The van der Waals surface area contributed by atoms with Crippen LogP contribution in [0.2, 0.25) is 0 Å². The summed E-state index contributed by atoms with van der Waals surface area (Å²) in [5.41, 5.74) is 6.34. The molecule has 0 bridgehead atoms. The van der Waals surface area contributed by atoms with Crippen molar-refractivity contribution in [1.29, 1.82) is 0 Å². The first-order chi connectivity index (χ1) is 8.46. The molecule has 1 aliphatic heterocycles. The van der Waals surface area contributed by atoms with Crippen LogP contribution in [0.25, 0.3) is 0 Å². The van der Waals surface area contributed by atoms with Crippen molar-refractivity contribution in [3.05, 3.63) is 18.0 Å². The predicted octanol–water partition coefficient (Wildman–Crippen LogP) is 1.00. The molecule has 0 spiro atoms. The lowest BCUT2D eigenvalue weighted by atomic mass is 10.1. The normalized spacial score (nSPS) is 27.8. The molecule has 2 aliphatic rings. The van der Waals surface area contributed by atoms with Crippen LogP contribution in [-0.4, -0.2) is 39.2 Å². The second-order valence-electron chi connectivity index (χ2n) is 5.77. The number of β-amino-alcohol motifs (C(OH)–C–C–N with tert-alkyl or cyclic N) is 1. The molecule has 1 aromatic rings. The molecule has 2 heterocycles. The Balaban J connectivity index is 1.84. The lowest BCUT2D eigenvalue weighted by molar-refractivity contribution is 0.0566. The molecule has 3 rings (SSSR count). The van der Waals surface area contributed by atoms with Crippen molar-refractivity contribution in [2.24, 2.45) is 0 Å². The average molecular weight is 249 g/mol. The lowest BCUT2D eigenvalue weighted by Gasteiger charge is -2.19. The molecular weight excluding hydrogens is 230 g/mol. The van der Waals surface area contributed by atoms with Crippen molar-refractivity contribution in [1.82, 2.24) is 9.47 Å². The van der Waals surface area contributed by atoms with E-state index in [1.165, 1.54) is 0 Å². The smallest absolute Gasteiger partial charge is 0.270 e. The number of nitrogens with zero attached hydrogens (tertiary/aromatic N) is 2. The van der Waals surface area contributed by atoms with Crippen LogP contribution in [0.15, 0.2) is 12.3 Å². The number of aliphatic hydroxyl groups is 1. The summed E-state index contributed by atoms with van der Waals surface area (Å²) >= 11 is 0. The molecule has 1 saturated heterocycles. The highest BCUT2D eigenvalue weighted by molar-refractivity contribution is 5.94. The Labute approximate surface area is 106 Å². The van der Waals surface area contributed by atoms with Gasteiger partial charge >= 0.3 is 0 Å². The van der Waals surface area contributed by atoms with Gasteiger partial charge in [-0.3, -0.25) is 4.79 Å². The van der Waals surface area contributed by atoms with Crippen molar-refractivity contribution in [2.45, 2.75) is 37.8 Å². The molecule has 2 fully saturated rings. The number of anilines is 1. The number of aromatic nitrogens is 1. The predicted molar refractivity (Wildman–Crippen MR) is 68.3 cm³/mol. The summed E-state index contributed by atoms with van der Waals surface area (Å²) < 4.78 is 1.99. The summed E-state index contributed by atoms with van der Waals surface area (Å²) in [6.07, 6.45) is 4.72. The SMILES string of the molecule is CC1(O)CCN(C(=O)c2cc(N)cn2C2CC2)C1. The van der Waals surface area contributed by atoms with Crippen molar-refractivity contribution < 1.29 is 9.90 Å². The van der Waals surface area contributed by atoms with Crippen LogP contribution < -0.4 is 5.73 Å². The van der Waals surface area contributed by atoms with Crippen LogP contribution in [0, 0.1) is 0 Å². The minimum absolute atomic E-state index is 0.0172. The van der Waals surface area contributed by atoms with Crippen LogP contribution in [0.4, 0.5) is 5.69 Å². The quantitative estimate of drug-likeness (QED) is 0.821. The van der Waals surface area contributed by atoms with E-state index in [1.807, 2.05) is 10.8 Å². The van der Waals surface area contributed by atoms with E-state index in [-0.39, 0.29) is 5.91 Å². The Morgan fingerprint density at radius 3 is 2.83 bits per heavy atom. The molecule has 0 aromatic carbocycles. The zero-order chi connectivity index (χ0) is 12.9. The second-order valence-corrected chi connectivity index (χ2v) is 5.77. The van der Waals surface area contributed by atoms with E-state index < -0.39 is 5.60 Å². The fourth-order valence-corrected chi connectivity index (χ4v) is 2.61. The van der Waals surface area contributed by atoms with E-state index >= 15 is 0 Å². The molecule has 1 aliphatic carbocycles. The van der Waals surface area contributed by atoms with E-state index in [2.05, 4.69) is 0 Å². The molecule has 18 heavy (non-hydrogen) atoms. The van der Waals surface area contributed by atoms with Gasteiger partial charge in [-0.05, 0) is 32.3 Å². The third-order valence-electron chi connectivity index (χ3n) is 3.77. The van der Waals surface area contributed by atoms with Gasteiger partial charge in [-0.2, -0.15) is 0 Å². The molecule has 5 nitrogen and oxygen atoms in total. The minimum atomic E-state index is -0.752. The maximum Gasteiger partial charge on any atom is 0.270 e. The van der Waals surface area contributed by atoms with Gasteiger partial charge in [-0.1, -0.05) is 0 Å². The Hall–Kier alpha value is -1.49. The number of likely N-dealkylation sites (tertiary alicyclic amines) is 1. The molecular formula is C13H19N3O2. The molecule has 1 unspecified atom stereocenters. The number of rotatable bonds is 2. The highest BCUT2D eigenvalue weighted by atomic mass is 16.3. The summed E-state index contributed by atoms with van der Waals surface area (Å²) in [6, 6.07) is 2.18. The van der Waals surface area contributed by atoms with Gasteiger partial charge in [0, 0.05) is 25.3 Å². The van der Waals surface area contributed by atoms with E-state index in [0.29, 0.717) is 36.9 Å². The molecule has 5 heteroatoms. The molecule has 1 atom stereocenters. The van der Waals surface area contributed by atoms with Gasteiger partial charge < -0.3 is 20.3 Å². The Morgan fingerprint density at radius 2 is 2.28 bits per heavy atom. The number of nitrogen functional groups attached to an aromatic ring is 1. The molecule has 1 saturated carbocycles. The summed E-state index contributed by atoms with van der Waals surface area (Å²) in [5, 5.41) is 9.93. The first-order valence-electron chi connectivity index (χ1n) is 6.45. The average Bonchev–Trinajstić information content (AvgIpc) is 2.98. The number of amides is 1. The second kappa shape index (κ2) is 3.75. The maximum atomic E-state index is 12.4. The van der Waals surface area contributed by atoms with Crippen LogP contribution in [-0.2, 0) is 0 Å². The van der Waals surface area contributed by atoms with Crippen molar-refractivity contribution in [2.75, 3.05) is 18.8 Å². The van der Waals surface area contributed by atoms with E-state index in [1.54, 1.807) is 17.9 Å². The zero-order valence-corrected chi connectivity index (χ0v) is 10.6. The third kappa shape index (κ3) is 1.99. The highest BCUT2D eigenvalue weighted by Gasteiger charge is 2.36. The zero-order valence-electron chi connectivity index (χ0n) is 10.6. The van der Waals surface area contributed by atoms with Gasteiger partial charge in [0.15, 0.2) is 0 Å². The largest absolute Gasteiger partial charge is 0.397 e. The first kappa shape index (κ1) is 11.6. The van der Waals surface area contributed by atoms with Crippen LogP contribution >= 0.6 is 0 Å². The summed E-state index contributed by atoms with van der Waals surface area (Å²) in [4.78, 5) is 14.2. The fraction of sp³-hybridized carbons (Fsp3) is 0.615. The van der Waals surface area contributed by atoms with Crippen molar-refractivity contribution in [3.63, 3.8) is 0 Å². The summed E-state index contributed by atoms with van der Waals surface area (Å²) in [6.45, 7) is 2.79. The van der Waals surface area contributed by atoms with Gasteiger partial charge in [0.2, 0.25) is 0 Å². The van der Waals surface area contributed by atoms with Gasteiger partial charge in [-0.15, -0.1) is 0 Å². The standard InChI is InChI=1S/C13H19N3O2/c1-13(18)4-5-15(8-13)12(17)11-6-9(14)7-16(11)10-2-3-10/h6-7,10,18H,2-5,8,14H2,1H3. The van der Waals surface area contributed by atoms with Gasteiger partial charge in [0.1, 0.15) is 5.69 Å². The highest BCUT2D eigenvalue weighted by Crippen LogP contribution is 2.37. The fourth-order valence-electron chi connectivity index (χ4n) is 2.61. The molecule has 1 aromatic heterocycles. The monoisotopic (exact) mass is 249 g/mol. The van der Waals surface area contributed by atoms with Gasteiger partial charge in [0.05, 0.1) is 11.3 Å². The first-order valence-corrected chi connectivity index (χ1v) is 6.45. The number of hydrogen-bond donors (Lipinski definition) is 2. The van der Waals surface area contributed by atoms with Crippen LogP contribution in [0.1, 0.15) is 42.7 Å². The van der Waals surface area contributed by atoms with Gasteiger partial charge in [0.25, 0.3) is 5.91 Å². The van der Waals surface area contributed by atoms with E-state index in [4.69, 9.17) is 5.73 Å². The Kier molecular flexibility index (Phi) is 2.41. The van der Waals surface area contributed by atoms with Crippen molar-refractivity contribution >= 4 is 11.6 Å². The molecule has 98 valence electrons. The minimum Gasteiger partial charge on any atom is -0.397 e. The molecule has 1 amide bonds. The summed E-state index contributed by atoms with van der Waals surface area (Å²) in [7, 11) is 0. The Morgan fingerprint density at radius 1 is 1.56 bits per heavy atom. The van der Waals surface area contributed by atoms with Crippen LogP contribution in [0.3, 0.4) is 0 Å². The maximum absolute atomic E-state index is 12.4. The summed E-state index contributed by atoms with van der Waals surface area (Å²) in [5.74, 6) is -0.0172. The number of carbonyl (C=O) groups excluding carboxylic acids is 1. The molecule has 3 N–H and O–H groups in total. The lowest BCUT2D eigenvalue weighted by Crippen LogP contribution is -2.34. The number of hydrogen-bond acceptors (Lipinski definition) is 3. The number of carbonyl (C=O) groups is 1. The van der Waals surface area contributed by atoms with E-state index in [9.17, 15) is 9.90 Å². The Bertz CT molecular complexity index is 488. The van der Waals surface area contributed by atoms with Gasteiger partial charge in [-0.25, -0.2) is 0 Å². The topological polar surface area (TPSA) is 71.5 Å². The number of nitrogens with two attached hydrogens (primary N) is 1.